The number of aromatic nitrogens is 1. The number of carbonyl (C=O) groups excluding carboxylic acids is 1. The van der Waals surface area contributed by atoms with Crippen LogP contribution in [0.2, 0.25) is 0 Å². The lowest BCUT2D eigenvalue weighted by Crippen LogP contribution is -2.47. The monoisotopic (exact) mass is 274 g/mol. The van der Waals surface area contributed by atoms with E-state index in [0.717, 1.165) is 5.39 Å². The maximum absolute atomic E-state index is 12.2. The van der Waals surface area contributed by atoms with Gasteiger partial charge in [0.15, 0.2) is 6.04 Å². The molecule has 1 aromatic carbocycles. The van der Waals surface area contributed by atoms with Gasteiger partial charge in [-0.1, -0.05) is 18.2 Å². The fourth-order valence-corrected chi connectivity index (χ4v) is 1.90. The van der Waals surface area contributed by atoms with Crippen molar-refractivity contribution >= 4 is 22.8 Å². The van der Waals surface area contributed by atoms with Crippen molar-refractivity contribution < 1.29 is 19.8 Å². The second-order valence-electron chi connectivity index (χ2n) is 4.41. The molecule has 0 aliphatic heterocycles. The van der Waals surface area contributed by atoms with E-state index in [4.69, 9.17) is 5.11 Å². The summed E-state index contributed by atoms with van der Waals surface area (Å²) in [6.45, 7) is 1.31. The molecule has 1 heterocycles. The number of aliphatic hydroxyl groups excluding tert-OH is 1. The average molecular weight is 274 g/mol. The predicted octanol–water partition coefficient (Wildman–Crippen LogP) is 0.799. The van der Waals surface area contributed by atoms with Gasteiger partial charge in [-0.15, -0.1) is 0 Å². The van der Waals surface area contributed by atoms with E-state index in [2.05, 4.69) is 10.3 Å². The fraction of sp³-hybridized carbons (Fsp3) is 0.214. The van der Waals surface area contributed by atoms with Gasteiger partial charge in [-0.3, -0.25) is 9.78 Å². The zero-order valence-electron chi connectivity index (χ0n) is 10.8. The Morgan fingerprint density at radius 3 is 2.60 bits per heavy atom. The highest BCUT2D eigenvalue weighted by Crippen LogP contribution is 2.16. The van der Waals surface area contributed by atoms with Crippen molar-refractivity contribution in [2.75, 3.05) is 0 Å². The number of benzene rings is 1. The maximum atomic E-state index is 12.2. The molecule has 0 radical (unpaired) electrons. The number of carboxylic acids is 1. The molecule has 20 heavy (non-hydrogen) atoms. The fourth-order valence-electron chi connectivity index (χ4n) is 1.90. The number of rotatable bonds is 4. The zero-order chi connectivity index (χ0) is 14.7. The van der Waals surface area contributed by atoms with Crippen LogP contribution in [0.25, 0.3) is 10.9 Å². The Bertz CT molecular complexity index is 649. The van der Waals surface area contributed by atoms with Gasteiger partial charge in [-0.05, 0) is 19.1 Å². The second-order valence-corrected chi connectivity index (χ2v) is 4.41. The molecule has 0 aliphatic carbocycles. The predicted molar refractivity (Wildman–Crippen MR) is 72.3 cm³/mol. The summed E-state index contributed by atoms with van der Waals surface area (Å²) in [4.78, 5) is 27.3. The van der Waals surface area contributed by atoms with Gasteiger partial charge >= 0.3 is 5.97 Å². The van der Waals surface area contributed by atoms with Crippen molar-refractivity contribution in [1.82, 2.24) is 10.3 Å². The summed E-state index contributed by atoms with van der Waals surface area (Å²) in [6, 6.07) is 7.26. The number of hydrogen-bond donors (Lipinski definition) is 3. The van der Waals surface area contributed by atoms with E-state index in [0.29, 0.717) is 5.52 Å². The molecule has 2 atom stereocenters. The molecule has 1 aromatic heterocycles. The van der Waals surface area contributed by atoms with Crippen LogP contribution in [-0.2, 0) is 4.79 Å². The molecule has 0 bridgehead atoms. The number of nitrogens with one attached hydrogen (secondary N) is 1. The first-order valence-corrected chi connectivity index (χ1v) is 6.06. The molecule has 3 N–H and O–H groups in total. The van der Waals surface area contributed by atoms with Crippen molar-refractivity contribution in [1.29, 1.82) is 0 Å². The minimum absolute atomic E-state index is 0.273. The summed E-state index contributed by atoms with van der Waals surface area (Å²) >= 11 is 0. The van der Waals surface area contributed by atoms with E-state index >= 15 is 0 Å². The maximum Gasteiger partial charge on any atom is 0.328 e. The van der Waals surface area contributed by atoms with E-state index in [1.165, 1.54) is 6.92 Å². The number of carboxylic acid groups (broad SMARTS) is 1. The number of pyridine rings is 1. The van der Waals surface area contributed by atoms with Gasteiger partial charge in [0.2, 0.25) is 0 Å². The van der Waals surface area contributed by atoms with Gasteiger partial charge in [0, 0.05) is 11.6 Å². The third-order valence-corrected chi connectivity index (χ3v) is 2.91. The molecule has 0 saturated heterocycles. The van der Waals surface area contributed by atoms with Gasteiger partial charge in [0.05, 0.1) is 17.2 Å². The lowest BCUT2D eigenvalue weighted by atomic mass is 10.1. The van der Waals surface area contributed by atoms with Crippen LogP contribution in [0.3, 0.4) is 0 Å². The standard InChI is InChI=1S/C14H14N2O4/c1-8(17)11(14(19)20)16-13(18)10-6-2-4-9-5-3-7-15-12(9)10/h2-8,11,17H,1H3,(H,16,18)(H,19,20)/t8-,11+/m0/s1. The normalized spacial score (nSPS) is 13.7. The number of aliphatic hydroxyl groups is 1. The Hall–Kier alpha value is -2.47. The summed E-state index contributed by atoms with van der Waals surface area (Å²) in [5, 5.41) is 21.4. The van der Waals surface area contributed by atoms with Crippen LogP contribution in [-0.4, -0.2) is 39.2 Å². The second kappa shape index (κ2) is 5.66. The first-order chi connectivity index (χ1) is 9.50. The quantitative estimate of drug-likeness (QED) is 0.765. The van der Waals surface area contributed by atoms with Gasteiger partial charge in [0.25, 0.3) is 5.91 Å². The van der Waals surface area contributed by atoms with Crippen LogP contribution in [0, 0.1) is 0 Å². The van der Waals surface area contributed by atoms with E-state index in [1.807, 2.05) is 12.1 Å². The van der Waals surface area contributed by atoms with Crippen LogP contribution in [0.1, 0.15) is 17.3 Å². The van der Waals surface area contributed by atoms with Gasteiger partial charge < -0.3 is 15.5 Å². The largest absolute Gasteiger partial charge is 0.480 e. The molecule has 104 valence electrons. The van der Waals surface area contributed by atoms with E-state index in [1.54, 1.807) is 24.4 Å². The van der Waals surface area contributed by atoms with Crippen LogP contribution < -0.4 is 5.32 Å². The van der Waals surface area contributed by atoms with Crippen LogP contribution >= 0.6 is 0 Å². The summed E-state index contributed by atoms with van der Waals surface area (Å²) in [6.07, 6.45) is 0.363. The van der Waals surface area contributed by atoms with Gasteiger partial charge in [0.1, 0.15) is 0 Å². The van der Waals surface area contributed by atoms with Gasteiger partial charge in [-0.25, -0.2) is 4.79 Å². The minimum atomic E-state index is -1.36. The molecule has 6 heteroatoms. The molecule has 6 nitrogen and oxygen atoms in total. The summed E-state index contributed by atoms with van der Waals surface area (Å²) in [5.74, 6) is -1.87. The van der Waals surface area contributed by atoms with Crippen LogP contribution in [0.15, 0.2) is 36.5 Å². The van der Waals surface area contributed by atoms with Crippen LogP contribution in [0.5, 0.6) is 0 Å². The van der Waals surface area contributed by atoms with Crippen molar-refractivity contribution in [3.63, 3.8) is 0 Å². The highest BCUT2D eigenvalue weighted by atomic mass is 16.4. The van der Waals surface area contributed by atoms with Crippen molar-refractivity contribution in [2.45, 2.75) is 19.1 Å². The number of para-hydroxylation sites is 1. The van der Waals surface area contributed by atoms with E-state index in [9.17, 15) is 14.7 Å². The summed E-state index contributed by atoms with van der Waals surface area (Å²) < 4.78 is 0. The Kier molecular flexibility index (Phi) is 3.95. The highest BCUT2D eigenvalue weighted by molar-refractivity contribution is 6.06. The molecule has 1 amide bonds. The molecule has 2 rings (SSSR count). The Balaban J connectivity index is 2.34. The topological polar surface area (TPSA) is 99.5 Å². The number of fused-ring (bicyclic) bond motifs is 1. The number of amides is 1. The molecule has 0 saturated carbocycles. The Labute approximate surface area is 115 Å². The van der Waals surface area contributed by atoms with E-state index in [-0.39, 0.29) is 5.56 Å². The molecular formula is C14H14N2O4. The Morgan fingerprint density at radius 2 is 1.95 bits per heavy atom. The molecule has 0 aliphatic rings. The molecular weight excluding hydrogens is 260 g/mol. The zero-order valence-corrected chi connectivity index (χ0v) is 10.8. The number of carbonyl (C=O) groups is 2. The molecule has 0 fully saturated rings. The number of aliphatic carboxylic acids is 1. The first-order valence-electron chi connectivity index (χ1n) is 6.06. The summed E-state index contributed by atoms with van der Waals surface area (Å²) in [5.41, 5.74) is 0.761. The van der Waals surface area contributed by atoms with Gasteiger partial charge in [-0.2, -0.15) is 0 Å². The average Bonchev–Trinajstić information content (AvgIpc) is 2.43. The first kappa shape index (κ1) is 14.0. The smallest absolute Gasteiger partial charge is 0.328 e. The summed E-state index contributed by atoms with van der Waals surface area (Å²) in [7, 11) is 0. The Morgan fingerprint density at radius 1 is 1.25 bits per heavy atom. The SMILES string of the molecule is C[C@H](O)[C@@H](NC(=O)c1cccc2cccnc12)C(=O)O. The van der Waals surface area contributed by atoms with Crippen molar-refractivity contribution in [2.24, 2.45) is 0 Å². The van der Waals surface area contributed by atoms with Crippen molar-refractivity contribution in [3.8, 4) is 0 Å². The third kappa shape index (κ3) is 2.75. The lowest BCUT2D eigenvalue weighted by molar-refractivity contribution is -0.141. The number of hydrogen-bond acceptors (Lipinski definition) is 4. The van der Waals surface area contributed by atoms with E-state index < -0.39 is 24.0 Å². The minimum Gasteiger partial charge on any atom is -0.480 e. The van der Waals surface area contributed by atoms with Crippen molar-refractivity contribution in [3.05, 3.63) is 42.1 Å². The molecule has 2 aromatic rings. The molecule has 0 spiro atoms. The number of nitrogens with zero attached hydrogens (tertiary/aromatic N) is 1. The highest BCUT2D eigenvalue weighted by Gasteiger charge is 2.26. The lowest BCUT2D eigenvalue weighted by Gasteiger charge is -2.17. The molecule has 0 unspecified atom stereocenters. The van der Waals surface area contributed by atoms with Crippen LogP contribution in [0.4, 0.5) is 0 Å². The third-order valence-electron chi connectivity index (χ3n) is 2.91.